The molecule has 32 heavy (non-hydrogen) atoms. The number of anilines is 2. The van der Waals surface area contributed by atoms with E-state index in [0.717, 1.165) is 16.5 Å². The molecule has 1 atom stereocenters. The first-order valence-corrected chi connectivity index (χ1v) is 10.4. The van der Waals surface area contributed by atoms with Crippen LogP contribution in [0.15, 0.2) is 42.9 Å². The second-order valence-electron chi connectivity index (χ2n) is 7.93. The maximum atomic E-state index is 14.2. The number of carbonyl (C=O) groups is 1. The summed E-state index contributed by atoms with van der Waals surface area (Å²) >= 11 is 0. The average Bonchev–Trinajstić information content (AvgIpc) is 2.79. The van der Waals surface area contributed by atoms with Crippen LogP contribution >= 0.6 is 0 Å². The smallest absolute Gasteiger partial charge is 0.239 e. The molecule has 3 aromatic heterocycles. The van der Waals surface area contributed by atoms with Gasteiger partial charge in [0.15, 0.2) is 5.82 Å². The molecule has 0 saturated carbocycles. The van der Waals surface area contributed by atoms with Gasteiger partial charge in [-0.05, 0) is 43.7 Å². The zero-order valence-corrected chi connectivity index (χ0v) is 17.8. The molecular formula is C23H22FN7O. The number of piperazine rings is 1. The lowest BCUT2D eigenvalue weighted by molar-refractivity contribution is -0.120. The third-order valence-electron chi connectivity index (χ3n) is 5.66. The van der Waals surface area contributed by atoms with Gasteiger partial charge in [-0.25, -0.2) is 19.3 Å². The number of aryl methyl sites for hydroxylation is 1. The summed E-state index contributed by atoms with van der Waals surface area (Å²) in [6, 6.07) is 8.75. The van der Waals surface area contributed by atoms with Crippen LogP contribution in [0.25, 0.3) is 21.9 Å². The Morgan fingerprint density at radius 3 is 2.91 bits per heavy atom. The first-order valence-electron chi connectivity index (χ1n) is 10.4. The molecule has 1 aromatic carbocycles. The summed E-state index contributed by atoms with van der Waals surface area (Å²) in [7, 11) is 0. The maximum absolute atomic E-state index is 14.2. The number of aromatic nitrogens is 4. The Bertz CT molecular complexity index is 1340. The van der Waals surface area contributed by atoms with E-state index in [2.05, 4.69) is 25.6 Å². The number of fused-ring (bicyclic) bond motifs is 2. The van der Waals surface area contributed by atoms with Crippen molar-refractivity contribution >= 4 is 39.5 Å². The number of nitrogens with zero attached hydrogens (tertiary/aromatic N) is 5. The van der Waals surface area contributed by atoms with E-state index in [1.807, 2.05) is 30.0 Å². The van der Waals surface area contributed by atoms with E-state index in [4.69, 9.17) is 4.98 Å². The number of amides is 1. The van der Waals surface area contributed by atoms with Crippen LogP contribution in [0.3, 0.4) is 0 Å². The molecule has 0 bridgehead atoms. The van der Waals surface area contributed by atoms with Gasteiger partial charge in [-0.1, -0.05) is 0 Å². The first-order chi connectivity index (χ1) is 15.5. The predicted molar refractivity (Wildman–Crippen MR) is 121 cm³/mol. The summed E-state index contributed by atoms with van der Waals surface area (Å²) < 4.78 is 14.2. The zero-order valence-electron chi connectivity index (χ0n) is 17.8. The second-order valence-corrected chi connectivity index (χ2v) is 7.93. The average molecular weight is 431 g/mol. The molecule has 0 radical (unpaired) electrons. The van der Waals surface area contributed by atoms with E-state index in [0.29, 0.717) is 41.3 Å². The monoisotopic (exact) mass is 431 g/mol. The number of nitrogens with one attached hydrogen (secondary N) is 2. The van der Waals surface area contributed by atoms with Gasteiger partial charge in [0.25, 0.3) is 0 Å². The highest BCUT2D eigenvalue weighted by Gasteiger charge is 2.24. The summed E-state index contributed by atoms with van der Waals surface area (Å²) in [5.41, 5.74) is 3.42. The van der Waals surface area contributed by atoms with Crippen LogP contribution in [-0.2, 0) is 4.79 Å². The molecule has 1 fully saturated rings. The van der Waals surface area contributed by atoms with E-state index in [1.165, 1.54) is 12.4 Å². The molecule has 4 heterocycles. The third-order valence-corrected chi connectivity index (χ3v) is 5.66. The minimum Gasteiger partial charge on any atom is -0.361 e. The van der Waals surface area contributed by atoms with Crippen LogP contribution in [0.2, 0.25) is 0 Å². The molecule has 162 valence electrons. The lowest BCUT2D eigenvalue weighted by Gasteiger charge is -2.31. The summed E-state index contributed by atoms with van der Waals surface area (Å²) in [5.74, 6) is 0.901. The molecule has 1 aliphatic heterocycles. The number of halogens is 1. The van der Waals surface area contributed by atoms with Gasteiger partial charge in [-0.15, -0.1) is 0 Å². The van der Waals surface area contributed by atoms with Gasteiger partial charge in [-0.2, -0.15) is 0 Å². The highest BCUT2D eigenvalue weighted by molar-refractivity contribution is 5.87. The second kappa shape index (κ2) is 7.99. The van der Waals surface area contributed by atoms with Crippen LogP contribution in [0.1, 0.15) is 24.1 Å². The van der Waals surface area contributed by atoms with Crippen LogP contribution in [0.5, 0.6) is 0 Å². The number of hydrogen-bond acceptors (Lipinski definition) is 7. The van der Waals surface area contributed by atoms with Gasteiger partial charge >= 0.3 is 0 Å². The molecule has 1 aliphatic rings. The summed E-state index contributed by atoms with van der Waals surface area (Å²) in [6.45, 7) is 5.09. The van der Waals surface area contributed by atoms with Crippen molar-refractivity contribution in [2.45, 2.75) is 19.9 Å². The van der Waals surface area contributed by atoms with Gasteiger partial charge in [0.05, 0.1) is 23.6 Å². The number of benzene rings is 1. The van der Waals surface area contributed by atoms with Crippen LogP contribution in [-0.4, -0.2) is 45.5 Å². The van der Waals surface area contributed by atoms with Crippen molar-refractivity contribution < 1.29 is 9.18 Å². The van der Waals surface area contributed by atoms with E-state index >= 15 is 0 Å². The van der Waals surface area contributed by atoms with E-state index in [9.17, 15) is 9.18 Å². The molecule has 0 aliphatic carbocycles. The van der Waals surface area contributed by atoms with Gasteiger partial charge < -0.3 is 15.5 Å². The molecule has 0 spiro atoms. The summed E-state index contributed by atoms with van der Waals surface area (Å²) in [6.07, 6.45) is 3.20. The van der Waals surface area contributed by atoms with Crippen molar-refractivity contribution in [2.75, 3.05) is 29.9 Å². The fourth-order valence-electron chi connectivity index (χ4n) is 3.99. The fourth-order valence-corrected chi connectivity index (χ4v) is 3.99. The number of pyridine rings is 2. The normalized spacial score (nSPS) is 15.1. The Morgan fingerprint density at radius 2 is 2.06 bits per heavy atom. The van der Waals surface area contributed by atoms with E-state index in [-0.39, 0.29) is 24.3 Å². The molecule has 8 nitrogen and oxygen atoms in total. The molecule has 2 N–H and O–H groups in total. The molecule has 1 saturated heterocycles. The SMILES string of the molecule is Cc1cc2cc(C(C)Nc3ncnc4cccnc34)c(N3CCNC(=O)C3)nc2cc1F. The Hall–Kier alpha value is -3.88. The minimum absolute atomic E-state index is 0.0641. The van der Waals surface area contributed by atoms with Gasteiger partial charge in [0.2, 0.25) is 5.91 Å². The summed E-state index contributed by atoms with van der Waals surface area (Å²) in [5, 5.41) is 7.10. The highest BCUT2D eigenvalue weighted by Crippen LogP contribution is 2.32. The van der Waals surface area contributed by atoms with Crippen molar-refractivity contribution in [1.29, 1.82) is 0 Å². The van der Waals surface area contributed by atoms with Crippen molar-refractivity contribution in [1.82, 2.24) is 25.3 Å². The van der Waals surface area contributed by atoms with Crippen LogP contribution < -0.4 is 15.5 Å². The largest absolute Gasteiger partial charge is 0.361 e. The summed E-state index contributed by atoms with van der Waals surface area (Å²) in [4.78, 5) is 31.8. The van der Waals surface area contributed by atoms with Gasteiger partial charge in [-0.3, -0.25) is 9.78 Å². The van der Waals surface area contributed by atoms with Gasteiger partial charge in [0.1, 0.15) is 23.5 Å². The Balaban J connectivity index is 1.61. The topological polar surface area (TPSA) is 95.9 Å². The lowest BCUT2D eigenvalue weighted by Crippen LogP contribution is -2.48. The number of carbonyl (C=O) groups excluding carboxylic acids is 1. The standard InChI is InChI=1S/C23H22FN7O/c1-13-8-15-9-16(14(2)29-22-21-18(27-12-28-22)4-3-5-26-21)23(30-19(15)10-17(13)24)31-7-6-25-20(32)11-31/h3-5,8-10,12,14H,6-7,11H2,1-2H3,(H,25,32)(H,27,28,29). The fraction of sp³-hybridized carbons (Fsp3) is 0.261. The van der Waals surface area contributed by atoms with E-state index < -0.39 is 0 Å². The maximum Gasteiger partial charge on any atom is 0.239 e. The number of rotatable bonds is 4. The predicted octanol–water partition coefficient (Wildman–Crippen LogP) is 3.13. The Morgan fingerprint density at radius 1 is 1.19 bits per heavy atom. The quantitative estimate of drug-likeness (QED) is 0.512. The van der Waals surface area contributed by atoms with Crippen LogP contribution in [0, 0.1) is 12.7 Å². The molecule has 5 rings (SSSR count). The molecule has 1 unspecified atom stereocenters. The molecule has 4 aromatic rings. The van der Waals surface area contributed by atoms with Crippen molar-refractivity contribution in [3.8, 4) is 0 Å². The van der Waals surface area contributed by atoms with Crippen LogP contribution in [0.4, 0.5) is 16.0 Å². The molecule has 9 heteroatoms. The molecular weight excluding hydrogens is 409 g/mol. The number of hydrogen-bond donors (Lipinski definition) is 2. The van der Waals surface area contributed by atoms with Crippen molar-refractivity contribution in [3.63, 3.8) is 0 Å². The highest BCUT2D eigenvalue weighted by atomic mass is 19.1. The minimum atomic E-state index is -0.301. The van der Waals surface area contributed by atoms with E-state index in [1.54, 1.807) is 19.2 Å². The Kier molecular flexibility index (Phi) is 5.01. The van der Waals surface area contributed by atoms with Crippen molar-refractivity contribution in [3.05, 3.63) is 59.8 Å². The first kappa shape index (κ1) is 20.0. The third kappa shape index (κ3) is 3.66. The molecule has 1 amide bonds. The zero-order chi connectivity index (χ0) is 22.2. The van der Waals surface area contributed by atoms with Crippen molar-refractivity contribution in [2.24, 2.45) is 0 Å². The Labute approximate surface area is 183 Å². The van der Waals surface area contributed by atoms with Gasteiger partial charge in [0, 0.05) is 36.3 Å². The lowest BCUT2D eigenvalue weighted by atomic mass is 10.0.